The van der Waals surface area contributed by atoms with Crippen LogP contribution < -0.4 is 16.0 Å². The van der Waals surface area contributed by atoms with Crippen LogP contribution in [0.1, 0.15) is 24.5 Å². The van der Waals surface area contributed by atoms with Crippen LogP contribution in [0.3, 0.4) is 0 Å². The molecule has 0 radical (unpaired) electrons. The van der Waals surface area contributed by atoms with Gasteiger partial charge in [0.15, 0.2) is 0 Å². The van der Waals surface area contributed by atoms with Gasteiger partial charge in [-0.1, -0.05) is 60.7 Å². The SMILES string of the molecule is CS[C@H](CC(=O)NCNC(=O)[C@H](C)NC(=O)OCc1ccccc1)C(=O)OCc1ccccc1. The van der Waals surface area contributed by atoms with Crippen molar-refractivity contribution in [2.24, 2.45) is 0 Å². The van der Waals surface area contributed by atoms with E-state index in [2.05, 4.69) is 16.0 Å². The van der Waals surface area contributed by atoms with Crippen molar-refractivity contribution in [3.05, 3.63) is 71.8 Å². The molecule has 0 aliphatic heterocycles. The highest BCUT2D eigenvalue weighted by Crippen LogP contribution is 2.14. The third kappa shape index (κ3) is 9.95. The summed E-state index contributed by atoms with van der Waals surface area (Å²) in [6.45, 7) is 1.56. The number of alkyl carbamates (subject to hydrolysis) is 1. The van der Waals surface area contributed by atoms with E-state index in [9.17, 15) is 19.2 Å². The van der Waals surface area contributed by atoms with Gasteiger partial charge in [0.05, 0.1) is 6.67 Å². The van der Waals surface area contributed by atoms with Crippen LogP contribution in [0.2, 0.25) is 0 Å². The van der Waals surface area contributed by atoms with Crippen molar-refractivity contribution in [1.29, 1.82) is 0 Å². The Morgan fingerprint density at radius 2 is 1.41 bits per heavy atom. The number of ether oxygens (including phenoxy) is 2. The maximum Gasteiger partial charge on any atom is 0.408 e. The molecule has 0 heterocycles. The quantitative estimate of drug-likeness (QED) is 0.310. The van der Waals surface area contributed by atoms with Crippen LogP contribution >= 0.6 is 11.8 Å². The molecular formula is C24H29N3O6S. The zero-order valence-electron chi connectivity index (χ0n) is 19.1. The number of thioether (sulfide) groups is 1. The second-order valence-electron chi connectivity index (χ2n) is 7.27. The van der Waals surface area contributed by atoms with Gasteiger partial charge in [-0.15, -0.1) is 11.8 Å². The van der Waals surface area contributed by atoms with Crippen molar-refractivity contribution in [2.75, 3.05) is 12.9 Å². The molecule has 3 N–H and O–H groups in total. The minimum Gasteiger partial charge on any atom is -0.460 e. The van der Waals surface area contributed by atoms with Crippen molar-refractivity contribution in [3.8, 4) is 0 Å². The highest BCUT2D eigenvalue weighted by Gasteiger charge is 2.23. The van der Waals surface area contributed by atoms with Crippen LogP contribution in [0.15, 0.2) is 60.7 Å². The van der Waals surface area contributed by atoms with E-state index in [0.717, 1.165) is 11.1 Å². The van der Waals surface area contributed by atoms with Gasteiger partial charge in [-0.3, -0.25) is 14.4 Å². The number of nitrogens with one attached hydrogen (secondary N) is 3. The number of hydrogen-bond acceptors (Lipinski definition) is 7. The highest BCUT2D eigenvalue weighted by atomic mass is 32.2. The second kappa shape index (κ2) is 14.6. The Labute approximate surface area is 203 Å². The number of esters is 1. The summed E-state index contributed by atoms with van der Waals surface area (Å²) in [5, 5.41) is 6.78. The van der Waals surface area contributed by atoms with E-state index < -0.39 is 35.2 Å². The smallest absolute Gasteiger partial charge is 0.408 e. The van der Waals surface area contributed by atoms with Crippen molar-refractivity contribution < 1.29 is 28.7 Å². The summed E-state index contributed by atoms with van der Waals surface area (Å²) >= 11 is 1.21. The largest absolute Gasteiger partial charge is 0.460 e. The summed E-state index contributed by atoms with van der Waals surface area (Å²) < 4.78 is 10.4. The predicted octanol–water partition coefficient (Wildman–Crippen LogP) is 2.36. The van der Waals surface area contributed by atoms with Crippen LogP contribution in [0.5, 0.6) is 0 Å². The molecule has 0 saturated heterocycles. The van der Waals surface area contributed by atoms with Gasteiger partial charge in [0.1, 0.15) is 24.5 Å². The van der Waals surface area contributed by atoms with Gasteiger partial charge >= 0.3 is 12.1 Å². The molecule has 0 bridgehead atoms. The summed E-state index contributed by atoms with van der Waals surface area (Å²) in [5.74, 6) is -1.40. The Hall–Kier alpha value is -3.53. The molecule has 2 rings (SSSR count). The van der Waals surface area contributed by atoms with E-state index in [1.165, 1.54) is 18.7 Å². The standard InChI is InChI=1S/C24H29N3O6S/c1-17(27-24(31)33-15-19-11-7-4-8-12-19)22(29)26-16-25-21(28)13-20(34-2)23(30)32-14-18-9-5-3-6-10-18/h3-12,17,20H,13-16H2,1-2H3,(H,25,28)(H,26,29)(H,27,31)/t17-,20+/m0/s1. The summed E-state index contributed by atoms with van der Waals surface area (Å²) in [7, 11) is 0. The molecule has 2 aromatic rings. The second-order valence-corrected chi connectivity index (χ2v) is 8.31. The fourth-order valence-corrected chi connectivity index (χ4v) is 3.29. The minimum atomic E-state index is -0.868. The van der Waals surface area contributed by atoms with Crippen LogP contribution in [0.25, 0.3) is 0 Å². The van der Waals surface area contributed by atoms with Gasteiger partial charge < -0.3 is 25.4 Å². The molecule has 2 aromatic carbocycles. The van der Waals surface area contributed by atoms with Crippen molar-refractivity contribution in [1.82, 2.24) is 16.0 Å². The van der Waals surface area contributed by atoms with Gasteiger partial charge in [-0.2, -0.15) is 0 Å². The molecule has 10 heteroatoms. The average molecular weight is 488 g/mol. The molecule has 34 heavy (non-hydrogen) atoms. The number of rotatable bonds is 12. The van der Waals surface area contributed by atoms with Gasteiger partial charge in [-0.05, 0) is 24.3 Å². The first kappa shape index (κ1) is 26.7. The topological polar surface area (TPSA) is 123 Å². The molecule has 0 aliphatic carbocycles. The molecule has 3 amide bonds. The summed E-state index contributed by atoms with van der Waals surface area (Å²) in [5.41, 5.74) is 1.68. The Morgan fingerprint density at radius 1 is 0.853 bits per heavy atom. The van der Waals surface area contributed by atoms with Crippen molar-refractivity contribution >= 4 is 35.6 Å². The summed E-state index contributed by atoms with van der Waals surface area (Å²) in [4.78, 5) is 48.4. The fourth-order valence-electron chi connectivity index (χ4n) is 2.72. The van der Waals surface area contributed by atoms with Crippen molar-refractivity contribution in [3.63, 3.8) is 0 Å². The minimum absolute atomic E-state index is 0.0848. The van der Waals surface area contributed by atoms with Crippen LogP contribution in [0, 0.1) is 0 Å². The fraction of sp³-hybridized carbons (Fsp3) is 0.333. The molecular weight excluding hydrogens is 458 g/mol. The molecule has 0 fully saturated rings. The van der Waals surface area contributed by atoms with Crippen LogP contribution in [-0.2, 0) is 37.1 Å². The first-order chi connectivity index (χ1) is 16.4. The van der Waals surface area contributed by atoms with Gasteiger partial charge in [-0.25, -0.2) is 4.79 Å². The summed E-state index contributed by atoms with van der Waals surface area (Å²) in [6.07, 6.45) is 0.894. The lowest BCUT2D eigenvalue weighted by Crippen LogP contribution is -2.48. The lowest BCUT2D eigenvalue weighted by molar-refractivity contribution is -0.145. The van der Waals surface area contributed by atoms with Crippen molar-refractivity contribution in [2.45, 2.75) is 37.9 Å². The monoisotopic (exact) mass is 487 g/mol. The molecule has 0 aromatic heterocycles. The molecule has 0 unspecified atom stereocenters. The molecule has 9 nitrogen and oxygen atoms in total. The zero-order chi connectivity index (χ0) is 24.8. The Balaban J connectivity index is 1.64. The Kier molecular flexibility index (Phi) is 11.5. The number of benzene rings is 2. The van der Waals surface area contributed by atoms with E-state index in [1.54, 1.807) is 6.26 Å². The molecule has 2 atom stereocenters. The molecule has 182 valence electrons. The third-order valence-corrected chi connectivity index (χ3v) is 5.56. The normalized spacial score (nSPS) is 12.1. The van der Waals surface area contributed by atoms with Crippen LogP contribution in [-0.4, -0.2) is 48.1 Å². The first-order valence-electron chi connectivity index (χ1n) is 10.6. The number of hydrogen-bond donors (Lipinski definition) is 3. The average Bonchev–Trinajstić information content (AvgIpc) is 2.85. The van der Waals surface area contributed by atoms with Gasteiger partial charge in [0, 0.05) is 6.42 Å². The number of carbonyl (C=O) groups is 4. The third-order valence-electron chi connectivity index (χ3n) is 4.63. The van der Waals surface area contributed by atoms with E-state index in [1.807, 2.05) is 60.7 Å². The lowest BCUT2D eigenvalue weighted by atomic mass is 10.2. The lowest BCUT2D eigenvalue weighted by Gasteiger charge is -2.16. The Bertz CT molecular complexity index is 942. The Morgan fingerprint density at radius 3 is 1.97 bits per heavy atom. The molecule has 0 aliphatic rings. The molecule has 0 spiro atoms. The predicted molar refractivity (Wildman–Crippen MR) is 129 cm³/mol. The number of amides is 3. The summed E-state index contributed by atoms with van der Waals surface area (Å²) in [6, 6.07) is 17.5. The van der Waals surface area contributed by atoms with E-state index in [4.69, 9.17) is 9.47 Å². The first-order valence-corrected chi connectivity index (χ1v) is 11.9. The maximum atomic E-state index is 12.3. The van der Waals surface area contributed by atoms with E-state index in [0.29, 0.717) is 0 Å². The van der Waals surface area contributed by atoms with Gasteiger partial charge in [0.25, 0.3) is 0 Å². The van der Waals surface area contributed by atoms with E-state index in [-0.39, 0.29) is 26.3 Å². The van der Waals surface area contributed by atoms with Gasteiger partial charge in [0.2, 0.25) is 11.8 Å². The van der Waals surface area contributed by atoms with E-state index >= 15 is 0 Å². The zero-order valence-corrected chi connectivity index (χ0v) is 19.9. The molecule has 0 saturated carbocycles. The highest BCUT2D eigenvalue weighted by molar-refractivity contribution is 7.99. The number of carbonyl (C=O) groups excluding carboxylic acids is 4. The van der Waals surface area contributed by atoms with Crippen LogP contribution in [0.4, 0.5) is 4.79 Å². The maximum absolute atomic E-state index is 12.3.